The maximum absolute atomic E-state index is 11.8. The standard InChI is InChI=1S/C15H16N2O4S/c1-15(2,3)21-14(18)16-12-5-4-10(8-13(12)17(19)20)11-6-7-22-9-11/h4-9H,1-3H3,(H,16,18). The van der Waals surface area contributed by atoms with E-state index < -0.39 is 16.6 Å². The van der Waals surface area contributed by atoms with E-state index in [9.17, 15) is 14.9 Å². The number of nitro benzene ring substituents is 1. The van der Waals surface area contributed by atoms with Crippen molar-refractivity contribution in [3.63, 3.8) is 0 Å². The van der Waals surface area contributed by atoms with Crippen molar-refractivity contribution >= 4 is 28.8 Å². The van der Waals surface area contributed by atoms with Crippen molar-refractivity contribution in [1.82, 2.24) is 0 Å². The summed E-state index contributed by atoms with van der Waals surface area (Å²) in [6.45, 7) is 5.17. The molecule has 1 heterocycles. The van der Waals surface area contributed by atoms with Crippen molar-refractivity contribution in [3.05, 3.63) is 45.1 Å². The molecular weight excluding hydrogens is 304 g/mol. The van der Waals surface area contributed by atoms with Crippen LogP contribution in [0.1, 0.15) is 20.8 Å². The minimum atomic E-state index is -0.723. The molecule has 0 aliphatic rings. The molecule has 7 heteroatoms. The van der Waals surface area contributed by atoms with Gasteiger partial charge in [0.2, 0.25) is 0 Å². The Balaban J connectivity index is 2.28. The van der Waals surface area contributed by atoms with Crippen LogP contribution < -0.4 is 5.32 Å². The predicted octanol–water partition coefficient (Wildman–Crippen LogP) is 4.67. The monoisotopic (exact) mass is 320 g/mol. The second-order valence-electron chi connectivity index (χ2n) is 5.63. The Labute approximate surface area is 131 Å². The number of benzene rings is 1. The molecule has 0 spiro atoms. The number of thiophene rings is 1. The Morgan fingerprint density at radius 2 is 2.00 bits per heavy atom. The summed E-state index contributed by atoms with van der Waals surface area (Å²) in [7, 11) is 0. The first-order valence-corrected chi connectivity index (χ1v) is 7.51. The highest BCUT2D eigenvalue weighted by molar-refractivity contribution is 7.08. The molecule has 0 bridgehead atoms. The number of carbonyl (C=O) groups is 1. The SMILES string of the molecule is CC(C)(C)OC(=O)Nc1ccc(-c2ccsc2)cc1[N+](=O)[O-]. The molecule has 0 aliphatic carbocycles. The predicted molar refractivity (Wildman–Crippen MR) is 86.3 cm³/mol. The van der Waals surface area contributed by atoms with Gasteiger partial charge in [-0.15, -0.1) is 0 Å². The van der Waals surface area contributed by atoms with Crippen LogP contribution in [0.15, 0.2) is 35.0 Å². The molecule has 0 aliphatic heterocycles. The minimum Gasteiger partial charge on any atom is -0.444 e. The lowest BCUT2D eigenvalue weighted by atomic mass is 10.1. The Morgan fingerprint density at radius 1 is 1.27 bits per heavy atom. The van der Waals surface area contributed by atoms with Crippen molar-refractivity contribution in [2.24, 2.45) is 0 Å². The van der Waals surface area contributed by atoms with E-state index in [-0.39, 0.29) is 11.4 Å². The average Bonchev–Trinajstić information content (AvgIpc) is 2.90. The molecule has 0 fully saturated rings. The molecule has 0 radical (unpaired) electrons. The molecule has 0 saturated heterocycles. The van der Waals surface area contributed by atoms with E-state index in [1.54, 1.807) is 26.8 Å². The number of ether oxygens (including phenoxy) is 1. The van der Waals surface area contributed by atoms with Gasteiger partial charge in [-0.1, -0.05) is 6.07 Å². The number of nitrogens with one attached hydrogen (secondary N) is 1. The van der Waals surface area contributed by atoms with Crippen LogP contribution in [0.25, 0.3) is 11.1 Å². The summed E-state index contributed by atoms with van der Waals surface area (Å²) in [6, 6.07) is 6.55. The fourth-order valence-electron chi connectivity index (χ4n) is 1.81. The number of rotatable bonds is 3. The van der Waals surface area contributed by atoms with Gasteiger partial charge in [-0.25, -0.2) is 4.79 Å². The van der Waals surface area contributed by atoms with Crippen molar-refractivity contribution < 1.29 is 14.5 Å². The van der Waals surface area contributed by atoms with Gasteiger partial charge in [-0.2, -0.15) is 11.3 Å². The molecule has 1 N–H and O–H groups in total. The smallest absolute Gasteiger partial charge is 0.412 e. The topological polar surface area (TPSA) is 81.5 Å². The van der Waals surface area contributed by atoms with Gasteiger partial charge in [0.1, 0.15) is 11.3 Å². The van der Waals surface area contributed by atoms with Crippen molar-refractivity contribution in [1.29, 1.82) is 0 Å². The fourth-order valence-corrected chi connectivity index (χ4v) is 2.48. The van der Waals surface area contributed by atoms with Crippen LogP contribution in [0.3, 0.4) is 0 Å². The lowest BCUT2D eigenvalue weighted by molar-refractivity contribution is -0.383. The van der Waals surface area contributed by atoms with Crippen LogP contribution >= 0.6 is 11.3 Å². The van der Waals surface area contributed by atoms with Crippen LogP contribution in [-0.4, -0.2) is 16.6 Å². The maximum atomic E-state index is 11.8. The highest BCUT2D eigenvalue weighted by Crippen LogP contribution is 2.31. The first-order chi connectivity index (χ1) is 10.3. The number of hydrogen-bond acceptors (Lipinski definition) is 5. The first-order valence-electron chi connectivity index (χ1n) is 6.57. The minimum absolute atomic E-state index is 0.109. The summed E-state index contributed by atoms with van der Waals surface area (Å²) in [5, 5.41) is 17.4. The normalized spacial score (nSPS) is 11.0. The Morgan fingerprint density at radius 3 is 2.55 bits per heavy atom. The first kappa shape index (κ1) is 16.0. The van der Waals surface area contributed by atoms with Crippen molar-refractivity contribution in [2.75, 3.05) is 5.32 Å². The molecule has 0 unspecified atom stereocenters. The Kier molecular flexibility index (Phi) is 4.46. The van der Waals surface area contributed by atoms with Gasteiger partial charge in [0.25, 0.3) is 5.69 Å². The number of amides is 1. The molecule has 6 nitrogen and oxygen atoms in total. The van der Waals surface area contributed by atoms with E-state index in [4.69, 9.17) is 4.74 Å². The van der Waals surface area contributed by atoms with Crippen molar-refractivity contribution in [3.8, 4) is 11.1 Å². The van der Waals surface area contributed by atoms with Gasteiger partial charge < -0.3 is 4.74 Å². The summed E-state index contributed by atoms with van der Waals surface area (Å²) in [4.78, 5) is 22.5. The van der Waals surface area contributed by atoms with Crippen LogP contribution in [0.4, 0.5) is 16.2 Å². The van der Waals surface area contributed by atoms with E-state index in [1.807, 2.05) is 16.8 Å². The number of nitro groups is 1. The molecule has 2 rings (SSSR count). The molecule has 1 aromatic heterocycles. The highest BCUT2D eigenvalue weighted by atomic mass is 32.1. The van der Waals surface area contributed by atoms with Gasteiger partial charge in [0.15, 0.2) is 0 Å². The van der Waals surface area contributed by atoms with Gasteiger partial charge in [-0.3, -0.25) is 15.4 Å². The zero-order valence-corrected chi connectivity index (χ0v) is 13.3. The van der Waals surface area contributed by atoms with E-state index in [2.05, 4.69) is 5.32 Å². The molecular formula is C15H16N2O4S. The van der Waals surface area contributed by atoms with Crippen LogP contribution in [0.2, 0.25) is 0 Å². The summed E-state index contributed by atoms with van der Waals surface area (Å²) in [5.74, 6) is 0. The van der Waals surface area contributed by atoms with E-state index in [0.29, 0.717) is 0 Å². The van der Waals surface area contributed by atoms with Crippen LogP contribution in [0.5, 0.6) is 0 Å². The summed E-state index contributed by atoms with van der Waals surface area (Å²) < 4.78 is 5.11. The van der Waals surface area contributed by atoms with Crippen molar-refractivity contribution in [2.45, 2.75) is 26.4 Å². The zero-order valence-electron chi connectivity index (χ0n) is 12.5. The second kappa shape index (κ2) is 6.15. The van der Waals surface area contributed by atoms with Crippen LogP contribution in [-0.2, 0) is 4.74 Å². The van der Waals surface area contributed by atoms with Crippen LogP contribution in [0, 0.1) is 10.1 Å². The molecule has 22 heavy (non-hydrogen) atoms. The van der Waals surface area contributed by atoms with E-state index in [1.165, 1.54) is 23.5 Å². The zero-order chi connectivity index (χ0) is 16.3. The summed E-state index contributed by atoms with van der Waals surface area (Å²) >= 11 is 1.51. The Bertz CT molecular complexity index is 690. The maximum Gasteiger partial charge on any atom is 0.412 e. The van der Waals surface area contributed by atoms with Gasteiger partial charge in [-0.05, 0) is 54.8 Å². The number of anilines is 1. The van der Waals surface area contributed by atoms with Gasteiger partial charge in [0.05, 0.1) is 4.92 Å². The van der Waals surface area contributed by atoms with Gasteiger partial charge >= 0.3 is 6.09 Å². The average molecular weight is 320 g/mol. The quantitative estimate of drug-likeness (QED) is 0.658. The number of carbonyl (C=O) groups excluding carboxylic acids is 1. The molecule has 0 atom stereocenters. The largest absolute Gasteiger partial charge is 0.444 e. The summed E-state index contributed by atoms with van der Waals surface area (Å²) in [5.41, 5.74) is 0.891. The second-order valence-corrected chi connectivity index (χ2v) is 6.41. The highest BCUT2D eigenvalue weighted by Gasteiger charge is 2.21. The molecule has 1 aromatic carbocycles. The third-order valence-electron chi connectivity index (χ3n) is 2.68. The molecule has 0 saturated carbocycles. The fraction of sp³-hybridized carbons (Fsp3) is 0.267. The molecule has 1 amide bonds. The molecule has 116 valence electrons. The number of hydrogen-bond donors (Lipinski definition) is 1. The lowest BCUT2D eigenvalue weighted by Gasteiger charge is -2.19. The Hall–Kier alpha value is -2.41. The van der Waals surface area contributed by atoms with E-state index >= 15 is 0 Å². The lowest BCUT2D eigenvalue weighted by Crippen LogP contribution is -2.27. The molecule has 2 aromatic rings. The van der Waals surface area contributed by atoms with Gasteiger partial charge in [0, 0.05) is 6.07 Å². The van der Waals surface area contributed by atoms with E-state index in [0.717, 1.165) is 11.1 Å². The number of nitrogens with zero attached hydrogens (tertiary/aromatic N) is 1. The third kappa shape index (κ3) is 4.05. The summed E-state index contributed by atoms with van der Waals surface area (Å²) in [6.07, 6.45) is -0.723. The third-order valence-corrected chi connectivity index (χ3v) is 3.37.